The van der Waals surface area contributed by atoms with Crippen molar-refractivity contribution in [2.45, 2.75) is 9.79 Å². The van der Waals surface area contributed by atoms with E-state index < -0.39 is 20.2 Å². The zero-order valence-electron chi connectivity index (χ0n) is 35.0. The van der Waals surface area contributed by atoms with Crippen molar-refractivity contribution in [2.75, 3.05) is 22.9 Å². The molecule has 8 aromatic rings. The summed E-state index contributed by atoms with van der Waals surface area (Å²) in [7, 11) is -9.43. The molecule has 318 valence electrons. The Balaban J connectivity index is 0.00000360. The fourth-order valence-electron chi connectivity index (χ4n) is 6.57. The second-order valence-electron chi connectivity index (χ2n) is 14.0. The number of benzene rings is 8. The van der Waals surface area contributed by atoms with Crippen molar-refractivity contribution in [1.29, 1.82) is 0 Å². The molecule has 0 aliphatic carbocycles. The van der Waals surface area contributed by atoms with Crippen LogP contribution in [-0.2, 0) is 20.2 Å². The third-order valence-corrected chi connectivity index (χ3v) is 11.5. The number of hydrogen-bond donors (Lipinski definition) is 4. The summed E-state index contributed by atoms with van der Waals surface area (Å²) >= 11 is 0. The second kappa shape index (κ2) is 20.5. The predicted octanol–water partition coefficient (Wildman–Crippen LogP) is 5.47. The molecule has 0 atom stereocenters. The van der Waals surface area contributed by atoms with Gasteiger partial charge in [0.25, 0.3) is 0 Å². The van der Waals surface area contributed by atoms with Gasteiger partial charge in [-0.15, -0.1) is 30.7 Å². The fraction of sp³-hybridized carbons (Fsp3) is 0. The van der Waals surface area contributed by atoms with E-state index in [0.717, 1.165) is 11.1 Å². The van der Waals surface area contributed by atoms with Crippen molar-refractivity contribution in [3.63, 3.8) is 0 Å². The van der Waals surface area contributed by atoms with E-state index in [9.17, 15) is 25.9 Å². The zero-order valence-corrected chi connectivity index (χ0v) is 40.6. The first-order valence-electron chi connectivity index (χ1n) is 18.8. The van der Waals surface area contributed by atoms with E-state index in [0.29, 0.717) is 33.5 Å². The topological polar surface area (TPSA) is 317 Å². The molecule has 0 unspecified atom stereocenters. The quantitative estimate of drug-likeness (QED) is 0.0549. The van der Waals surface area contributed by atoms with Gasteiger partial charge in [0.1, 0.15) is 43.0 Å². The third-order valence-electron chi connectivity index (χ3n) is 9.76. The monoisotopic (exact) mass is 934 g/mol. The molecule has 0 amide bonds. The molecule has 66 heavy (non-hydrogen) atoms. The summed E-state index contributed by atoms with van der Waals surface area (Å²) < 4.78 is 70.7. The van der Waals surface area contributed by atoms with Crippen LogP contribution in [0, 0.1) is 0 Å². The molecule has 0 heterocycles. The minimum absolute atomic E-state index is 0. The second-order valence-corrected chi connectivity index (χ2v) is 16.7. The standard InChI is InChI=1S/C44H34N12O6S2.2Na/c45-33-21-35(47)41(55-51-37-17-19-43(63(57,58)59)31-7-3-1-5-29(31)37)23-39(33)53-49-27-13-9-25(10-14-27)26-11-15-28(16-12-26)50-54-40-24-42(36(48)22-34(40)46)56-52-38-18-20-44(64(60,61)62)32-8-4-2-6-30(32)38;;/h1-24H,45-48H2,(H,57,58,59)(H,60,61,62);;/q;2*+1/p-2. The van der Waals surface area contributed by atoms with Crippen molar-refractivity contribution >= 4 is 110 Å². The summed E-state index contributed by atoms with van der Waals surface area (Å²) in [6, 6.07) is 38.7. The van der Waals surface area contributed by atoms with Gasteiger partial charge in [-0.05, 0) is 83.9 Å². The first-order valence-corrected chi connectivity index (χ1v) is 21.6. The van der Waals surface area contributed by atoms with E-state index in [4.69, 9.17) is 22.9 Å². The van der Waals surface area contributed by atoms with E-state index in [-0.39, 0.29) is 125 Å². The van der Waals surface area contributed by atoms with E-state index in [1.807, 2.05) is 24.3 Å². The maximum atomic E-state index is 11.8. The molecule has 22 heteroatoms. The van der Waals surface area contributed by atoms with E-state index in [2.05, 4.69) is 40.9 Å². The van der Waals surface area contributed by atoms with Crippen LogP contribution in [0.2, 0.25) is 0 Å². The molecular formula is C44H32N12Na2O6S2. The van der Waals surface area contributed by atoms with E-state index in [1.54, 1.807) is 60.7 Å². The Morgan fingerprint density at radius 3 is 0.939 bits per heavy atom. The summed E-state index contributed by atoms with van der Waals surface area (Å²) in [5.74, 6) is 0. The van der Waals surface area contributed by atoms with Crippen molar-refractivity contribution in [3.05, 3.63) is 146 Å². The Kier molecular flexibility index (Phi) is 15.2. The predicted molar refractivity (Wildman–Crippen MR) is 243 cm³/mol. The van der Waals surface area contributed by atoms with Crippen LogP contribution >= 0.6 is 0 Å². The van der Waals surface area contributed by atoms with E-state index >= 15 is 0 Å². The van der Waals surface area contributed by atoms with Crippen LogP contribution in [0.25, 0.3) is 32.7 Å². The molecule has 0 aromatic heterocycles. The molecule has 0 aliphatic rings. The molecule has 0 saturated heterocycles. The average Bonchev–Trinajstić information content (AvgIpc) is 3.27. The minimum Gasteiger partial charge on any atom is -0.744 e. The van der Waals surface area contributed by atoms with Gasteiger partial charge in [0.15, 0.2) is 0 Å². The van der Waals surface area contributed by atoms with Crippen LogP contribution in [0.3, 0.4) is 0 Å². The smallest absolute Gasteiger partial charge is 0.744 e. The molecule has 8 rings (SSSR count). The van der Waals surface area contributed by atoms with Gasteiger partial charge in [0, 0.05) is 21.5 Å². The van der Waals surface area contributed by atoms with Crippen molar-refractivity contribution in [2.24, 2.45) is 40.9 Å². The first kappa shape index (κ1) is 49.1. The molecule has 18 nitrogen and oxygen atoms in total. The SMILES string of the molecule is Nc1cc(N)c(N=Nc2ccc(S(=O)(=O)[O-])c3ccccc23)cc1N=Nc1ccc(-c2ccc(N=Nc3cc(N=Nc4ccc(S(=O)(=O)[O-])c5ccccc45)c(N)cc3N)cc2)cc1.[Na+].[Na+]. The average molecular weight is 935 g/mol. The van der Waals surface area contributed by atoms with Crippen LogP contribution in [0.5, 0.6) is 0 Å². The summed E-state index contributed by atoms with van der Waals surface area (Å²) in [5.41, 5.74) is 30.3. The molecule has 0 radical (unpaired) electrons. The van der Waals surface area contributed by atoms with Crippen LogP contribution < -0.4 is 82.0 Å². The maximum Gasteiger partial charge on any atom is 1.00 e. The summed E-state index contributed by atoms with van der Waals surface area (Å²) in [4.78, 5) is -0.712. The van der Waals surface area contributed by atoms with Gasteiger partial charge in [-0.1, -0.05) is 72.8 Å². The Hall–Kier alpha value is -6.30. The number of hydrogen-bond acceptors (Lipinski definition) is 18. The normalized spacial score (nSPS) is 12.1. The van der Waals surface area contributed by atoms with E-state index in [1.165, 1.54) is 60.7 Å². The largest absolute Gasteiger partial charge is 1.00 e. The Morgan fingerprint density at radius 1 is 0.333 bits per heavy atom. The first-order chi connectivity index (χ1) is 30.6. The maximum absolute atomic E-state index is 11.8. The molecule has 0 bridgehead atoms. The summed E-state index contributed by atoms with van der Waals surface area (Å²) in [5, 5.41) is 35.6. The van der Waals surface area contributed by atoms with Crippen LogP contribution in [0.15, 0.2) is 196 Å². The van der Waals surface area contributed by atoms with Gasteiger partial charge in [0.05, 0.1) is 55.3 Å². The number of anilines is 4. The Morgan fingerprint density at radius 2 is 0.621 bits per heavy atom. The molecule has 0 aliphatic heterocycles. The minimum atomic E-state index is -4.71. The molecule has 0 spiro atoms. The van der Waals surface area contributed by atoms with Crippen LogP contribution in [0.1, 0.15) is 0 Å². The van der Waals surface area contributed by atoms with Gasteiger partial charge in [-0.3, -0.25) is 0 Å². The number of fused-ring (bicyclic) bond motifs is 2. The number of nitrogens with zero attached hydrogens (tertiary/aromatic N) is 8. The van der Waals surface area contributed by atoms with Crippen molar-refractivity contribution in [3.8, 4) is 11.1 Å². The Labute approximate surface area is 421 Å². The molecule has 8 N–H and O–H groups in total. The number of nitrogens with two attached hydrogens (primary N) is 4. The van der Waals surface area contributed by atoms with Crippen LogP contribution in [0.4, 0.5) is 68.2 Å². The number of azo groups is 4. The van der Waals surface area contributed by atoms with Crippen molar-refractivity contribution < 1.29 is 85.1 Å². The Bertz CT molecular complexity index is 3270. The van der Waals surface area contributed by atoms with Crippen LogP contribution in [-0.4, -0.2) is 25.9 Å². The van der Waals surface area contributed by atoms with Gasteiger partial charge in [0.2, 0.25) is 0 Å². The van der Waals surface area contributed by atoms with Gasteiger partial charge in [-0.2, -0.15) is 10.2 Å². The molecular weight excluding hydrogens is 903 g/mol. The van der Waals surface area contributed by atoms with Crippen molar-refractivity contribution in [1.82, 2.24) is 0 Å². The summed E-state index contributed by atoms with van der Waals surface area (Å²) in [6.07, 6.45) is 0. The zero-order chi connectivity index (χ0) is 45.2. The van der Waals surface area contributed by atoms with Gasteiger partial charge < -0.3 is 32.0 Å². The van der Waals surface area contributed by atoms with Gasteiger partial charge >= 0.3 is 59.1 Å². The molecule has 0 fully saturated rings. The third kappa shape index (κ3) is 11.0. The fourth-order valence-corrected chi connectivity index (χ4v) is 7.93. The van der Waals surface area contributed by atoms with Gasteiger partial charge in [-0.25, -0.2) is 16.8 Å². The molecule has 8 aromatic carbocycles. The molecule has 0 saturated carbocycles. The number of nitrogen functional groups attached to an aromatic ring is 4. The summed E-state index contributed by atoms with van der Waals surface area (Å²) in [6.45, 7) is 0. The number of rotatable bonds is 11.